The van der Waals surface area contributed by atoms with Crippen molar-refractivity contribution in [3.63, 3.8) is 0 Å². The summed E-state index contributed by atoms with van der Waals surface area (Å²) in [6.07, 6.45) is -1.30. The maximum Gasteiger partial charge on any atom is 0.411 e. The summed E-state index contributed by atoms with van der Waals surface area (Å²) in [7, 11) is 0. The van der Waals surface area contributed by atoms with Crippen LogP contribution in [0.2, 0.25) is 0 Å². The van der Waals surface area contributed by atoms with E-state index in [2.05, 4.69) is 11.7 Å². The lowest BCUT2D eigenvalue weighted by molar-refractivity contribution is -0.170. The fraction of sp³-hybridized carbons (Fsp3) is 0.500. The van der Waals surface area contributed by atoms with Gasteiger partial charge in [0.1, 0.15) is 13.2 Å². The van der Waals surface area contributed by atoms with E-state index in [0.717, 1.165) is 24.8 Å². The van der Waals surface area contributed by atoms with Crippen molar-refractivity contribution in [2.24, 2.45) is 0 Å². The first-order valence-electron chi connectivity index (χ1n) is 6.19. The molecule has 0 spiro atoms. The van der Waals surface area contributed by atoms with Crippen LogP contribution >= 0.6 is 0 Å². The molecular formula is C14H17F3O2. The van der Waals surface area contributed by atoms with Crippen LogP contribution in [0.1, 0.15) is 35.7 Å². The molecule has 0 bridgehead atoms. The van der Waals surface area contributed by atoms with E-state index < -0.39 is 25.2 Å². The maximum absolute atomic E-state index is 11.8. The number of carbonyl (C=O) groups excluding carboxylic acids is 1. The van der Waals surface area contributed by atoms with Crippen LogP contribution in [0.4, 0.5) is 13.2 Å². The normalized spacial score (nSPS) is 11.6. The van der Waals surface area contributed by atoms with Gasteiger partial charge in [0.25, 0.3) is 0 Å². The lowest BCUT2D eigenvalue weighted by Crippen LogP contribution is -2.20. The van der Waals surface area contributed by atoms with Gasteiger partial charge in [0.15, 0.2) is 5.78 Å². The molecule has 1 aromatic rings. The number of halogens is 3. The first-order valence-corrected chi connectivity index (χ1v) is 6.19. The van der Waals surface area contributed by atoms with Crippen molar-refractivity contribution in [1.82, 2.24) is 0 Å². The molecule has 2 nitrogen and oxygen atoms in total. The zero-order valence-corrected chi connectivity index (χ0v) is 10.8. The van der Waals surface area contributed by atoms with Gasteiger partial charge < -0.3 is 4.74 Å². The number of ketones is 1. The molecular weight excluding hydrogens is 257 g/mol. The van der Waals surface area contributed by atoms with Crippen molar-refractivity contribution < 1.29 is 22.7 Å². The first kappa shape index (κ1) is 15.7. The largest absolute Gasteiger partial charge is 0.411 e. The average molecular weight is 274 g/mol. The van der Waals surface area contributed by atoms with Crippen molar-refractivity contribution in [3.05, 3.63) is 35.4 Å². The first-order chi connectivity index (χ1) is 8.92. The molecule has 0 heterocycles. The quantitative estimate of drug-likeness (QED) is 0.707. The van der Waals surface area contributed by atoms with Gasteiger partial charge in [-0.3, -0.25) is 4.79 Å². The Balaban J connectivity index is 2.44. The highest BCUT2D eigenvalue weighted by molar-refractivity contribution is 5.97. The average Bonchev–Trinajstić information content (AvgIpc) is 2.35. The Bertz CT molecular complexity index is 396. The van der Waals surface area contributed by atoms with Crippen LogP contribution in [0.5, 0.6) is 0 Å². The second-order valence-corrected chi connectivity index (χ2v) is 4.33. The summed E-state index contributed by atoms with van der Waals surface area (Å²) in [5.74, 6) is -0.439. The number of carbonyl (C=O) groups is 1. The molecule has 1 aromatic carbocycles. The SMILES string of the molecule is CCCCc1ccc(C(=O)COCC(F)(F)F)cc1. The molecule has 0 aliphatic heterocycles. The van der Waals surface area contributed by atoms with Gasteiger partial charge in [-0.25, -0.2) is 0 Å². The molecule has 0 radical (unpaired) electrons. The van der Waals surface area contributed by atoms with Crippen molar-refractivity contribution in [1.29, 1.82) is 0 Å². The van der Waals surface area contributed by atoms with Crippen LogP contribution in [0.3, 0.4) is 0 Å². The molecule has 0 unspecified atom stereocenters. The van der Waals surface area contributed by atoms with Crippen LogP contribution in [0.15, 0.2) is 24.3 Å². The van der Waals surface area contributed by atoms with Gasteiger partial charge in [-0.1, -0.05) is 37.6 Å². The Labute approximate surface area is 110 Å². The second-order valence-electron chi connectivity index (χ2n) is 4.33. The molecule has 0 amide bonds. The summed E-state index contributed by atoms with van der Waals surface area (Å²) < 4.78 is 39.9. The topological polar surface area (TPSA) is 26.3 Å². The molecule has 0 N–H and O–H groups in total. The van der Waals surface area contributed by atoms with Gasteiger partial charge >= 0.3 is 6.18 Å². The molecule has 0 aliphatic carbocycles. The molecule has 0 atom stereocenters. The Morgan fingerprint density at radius 2 is 1.84 bits per heavy atom. The highest BCUT2D eigenvalue weighted by Gasteiger charge is 2.27. The number of benzene rings is 1. The lowest BCUT2D eigenvalue weighted by atomic mass is 10.0. The van der Waals surface area contributed by atoms with E-state index in [4.69, 9.17) is 0 Å². The van der Waals surface area contributed by atoms with Gasteiger partial charge in [-0.05, 0) is 18.4 Å². The molecule has 0 saturated heterocycles. The van der Waals surface area contributed by atoms with Crippen LogP contribution in [-0.2, 0) is 11.2 Å². The number of ether oxygens (including phenoxy) is 1. The van der Waals surface area contributed by atoms with Crippen molar-refractivity contribution in [2.45, 2.75) is 32.4 Å². The molecule has 1 rings (SSSR count). The predicted octanol–water partition coefficient (Wildman–Crippen LogP) is 3.79. The second kappa shape index (κ2) is 7.28. The van der Waals surface area contributed by atoms with Gasteiger partial charge in [0, 0.05) is 5.56 Å². The zero-order chi connectivity index (χ0) is 14.3. The molecule has 106 valence electrons. The maximum atomic E-state index is 11.8. The van der Waals surface area contributed by atoms with Crippen LogP contribution in [0, 0.1) is 0 Å². The smallest absolute Gasteiger partial charge is 0.364 e. The number of alkyl halides is 3. The van der Waals surface area contributed by atoms with E-state index in [0.29, 0.717) is 5.56 Å². The Kier molecular flexibility index (Phi) is 6.02. The van der Waals surface area contributed by atoms with E-state index >= 15 is 0 Å². The third-order valence-electron chi connectivity index (χ3n) is 2.59. The summed E-state index contributed by atoms with van der Waals surface area (Å²) in [5, 5.41) is 0. The Morgan fingerprint density at radius 1 is 1.21 bits per heavy atom. The third kappa shape index (κ3) is 6.38. The van der Waals surface area contributed by atoms with Crippen molar-refractivity contribution in [3.8, 4) is 0 Å². The number of hydrogen-bond acceptors (Lipinski definition) is 2. The zero-order valence-electron chi connectivity index (χ0n) is 10.8. The summed E-state index contributed by atoms with van der Waals surface area (Å²) >= 11 is 0. The lowest BCUT2D eigenvalue weighted by Gasteiger charge is -2.07. The number of hydrogen-bond donors (Lipinski definition) is 0. The van der Waals surface area contributed by atoms with Crippen molar-refractivity contribution in [2.75, 3.05) is 13.2 Å². The van der Waals surface area contributed by atoms with Crippen LogP contribution < -0.4 is 0 Å². The molecule has 0 fully saturated rings. The Hall–Kier alpha value is -1.36. The van der Waals surface area contributed by atoms with E-state index in [1.54, 1.807) is 12.1 Å². The summed E-state index contributed by atoms with van der Waals surface area (Å²) in [6, 6.07) is 6.91. The van der Waals surface area contributed by atoms with E-state index in [-0.39, 0.29) is 0 Å². The molecule has 0 saturated carbocycles. The molecule has 0 aliphatic rings. The number of aryl methyl sites for hydroxylation is 1. The van der Waals surface area contributed by atoms with E-state index in [9.17, 15) is 18.0 Å². The summed E-state index contributed by atoms with van der Waals surface area (Å²) in [5.41, 5.74) is 1.50. The number of rotatable bonds is 7. The highest BCUT2D eigenvalue weighted by Crippen LogP contribution is 2.15. The minimum atomic E-state index is -4.40. The van der Waals surface area contributed by atoms with Gasteiger partial charge in [-0.2, -0.15) is 13.2 Å². The van der Waals surface area contributed by atoms with Gasteiger partial charge in [0.2, 0.25) is 0 Å². The van der Waals surface area contributed by atoms with E-state index in [1.807, 2.05) is 12.1 Å². The summed E-state index contributed by atoms with van der Waals surface area (Å²) in [4.78, 5) is 11.6. The van der Waals surface area contributed by atoms with Crippen LogP contribution in [-0.4, -0.2) is 25.2 Å². The molecule has 0 aromatic heterocycles. The fourth-order valence-electron chi connectivity index (χ4n) is 1.58. The fourth-order valence-corrected chi connectivity index (χ4v) is 1.58. The number of Topliss-reactive ketones (excluding diaryl/α,β-unsaturated/α-hetero) is 1. The van der Waals surface area contributed by atoms with Gasteiger partial charge in [0.05, 0.1) is 0 Å². The Morgan fingerprint density at radius 3 is 2.37 bits per heavy atom. The monoisotopic (exact) mass is 274 g/mol. The van der Waals surface area contributed by atoms with Crippen molar-refractivity contribution >= 4 is 5.78 Å². The highest BCUT2D eigenvalue weighted by atomic mass is 19.4. The van der Waals surface area contributed by atoms with E-state index in [1.165, 1.54) is 0 Å². The number of unbranched alkanes of at least 4 members (excludes halogenated alkanes) is 1. The predicted molar refractivity (Wildman–Crippen MR) is 66.3 cm³/mol. The third-order valence-corrected chi connectivity index (χ3v) is 2.59. The standard InChI is InChI=1S/C14H17F3O2/c1-2-3-4-11-5-7-12(8-6-11)13(18)9-19-10-14(15,16)17/h5-8H,2-4,9-10H2,1H3. The minimum Gasteiger partial charge on any atom is -0.364 e. The van der Waals surface area contributed by atoms with Crippen LogP contribution in [0.25, 0.3) is 0 Å². The molecule has 19 heavy (non-hydrogen) atoms. The summed E-state index contributed by atoms with van der Waals surface area (Å²) in [6.45, 7) is 0.150. The van der Waals surface area contributed by atoms with Gasteiger partial charge in [-0.15, -0.1) is 0 Å². The molecule has 5 heteroatoms. The minimum absolute atomic E-state index is 0.377.